The maximum absolute atomic E-state index is 5.62. The van der Waals surface area contributed by atoms with E-state index >= 15 is 0 Å². The number of nitrogen functional groups attached to an aromatic ring is 1. The zero-order chi connectivity index (χ0) is 13.8. The van der Waals surface area contributed by atoms with Gasteiger partial charge in [0.1, 0.15) is 11.5 Å². The lowest BCUT2D eigenvalue weighted by molar-refractivity contribution is 0.480. The van der Waals surface area contributed by atoms with Crippen molar-refractivity contribution >= 4 is 5.69 Å². The Hall–Kier alpha value is -2.03. The Kier molecular flexibility index (Phi) is 9.00. The van der Waals surface area contributed by atoms with Gasteiger partial charge in [-0.25, -0.2) is 0 Å². The SMILES string of the molecule is CC.CC.Nc1cccc(Oc2cccnc2)c1. The average molecular weight is 246 g/mol. The second-order valence-electron chi connectivity index (χ2n) is 2.86. The summed E-state index contributed by atoms with van der Waals surface area (Å²) in [5.41, 5.74) is 6.30. The number of hydrogen-bond acceptors (Lipinski definition) is 3. The lowest BCUT2D eigenvalue weighted by Gasteiger charge is -2.04. The van der Waals surface area contributed by atoms with Gasteiger partial charge in [-0.2, -0.15) is 0 Å². The van der Waals surface area contributed by atoms with Crippen LogP contribution >= 0.6 is 0 Å². The molecule has 2 aromatic rings. The minimum Gasteiger partial charge on any atom is -0.456 e. The van der Waals surface area contributed by atoms with Gasteiger partial charge >= 0.3 is 0 Å². The molecule has 2 rings (SSSR count). The number of pyridine rings is 1. The monoisotopic (exact) mass is 246 g/mol. The van der Waals surface area contributed by atoms with Crippen LogP contribution in [0.25, 0.3) is 0 Å². The lowest BCUT2D eigenvalue weighted by atomic mass is 10.3. The highest BCUT2D eigenvalue weighted by atomic mass is 16.5. The summed E-state index contributed by atoms with van der Waals surface area (Å²) in [7, 11) is 0. The van der Waals surface area contributed by atoms with Gasteiger partial charge in [-0.05, 0) is 24.3 Å². The van der Waals surface area contributed by atoms with Crippen molar-refractivity contribution in [2.45, 2.75) is 27.7 Å². The van der Waals surface area contributed by atoms with E-state index in [0.29, 0.717) is 11.4 Å². The second kappa shape index (κ2) is 10.1. The van der Waals surface area contributed by atoms with E-state index in [0.717, 1.165) is 5.75 Å². The third-order valence-electron chi connectivity index (χ3n) is 1.73. The fourth-order valence-electron chi connectivity index (χ4n) is 1.12. The number of ether oxygens (including phenoxy) is 1. The van der Waals surface area contributed by atoms with Gasteiger partial charge in [-0.1, -0.05) is 33.8 Å². The van der Waals surface area contributed by atoms with Crippen LogP contribution in [0.5, 0.6) is 11.5 Å². The van der Waals surface area contributed by atoms with Crippen LogP contribution in [0.4, 0.5) is 5.69 Å². The molecule has 1 heterocycles. The first-order valence-electron chi connectivity index (χ1n) is 6.28. The molecule has 18 heavy (non-hydrogen) atoms. The van der Waals surface area contributed by atoms with Crippen molar-refractivity contribution in [1.82, 2.24) is 4.98 Å². The number of nitrogens with two attached hydrogens (primary N) is 1. The fraction of sp³-hybridized carbons (Fsp3) is 0.267. The number of hydrogen-bond donors (Lipinski definition) is 1. The molecule has 2 N–H and O–H groups in total. The molecule has 0 bridgehead atoms. The topological polar surface area (TPSA) is 48.1 Å². The highest BCUT2D eigenvalue weighted by molar-refractivity contribution is 5.44. The van der Waals surface area contributed by atoms with E-state index in [4.69, 9.17) is 10.5 Å². The molecule has 1 aromatic carbocycles. The first kappa shape index (κ1) is 16.0. The van der Waals surface area contributed by atoms with Gasteiger partial charge in [-0.3, -0.25) is 4.98 Å². The van der Waals surface area contributed by atoms with Gasteiger partial charge in [0.25, 0.3) is 0 Å². The predicted molar refractivity (Wildman–Crippen MR) is 77.9 cm³/mol. The molecule has 0 aliphatic carbocycles. The van der Waals surface area contributed by atoms with E-state index < -0.39 is 0 Å². The van der Waals surface area contributed by atoms with Crippen LogP contribution in [0.3, 0.4) is 0 Å². The Morgan fingerprint density at radius 2 is 1.61 bits per heavy atom. The van der Waals surface area contributed by atoms with Gasteiger partial charge in [0, 0.05) is 18.0 Å². The lowest BCUT2D eigenvalue weighted by Crippen LogP contribution is -1.87. The molecule has 0 amide bonds. The zero-order valence-electron chi connectivity index (χ0n) is 11.6. The summed E-state index contributed by atoms with van der Waals surface area (Å²) in [4.78, 5) is 3.95. The van der Waals surface area contributed by atoms with E-state index in [2.05, 4.69) is 4.98 Å². The molecule has 0 saturated carbocycles. The maximum atomic E-state index is 5.62. The van der Waals surface area contributed by atoms with Crippen LogP contribution in [0.1, 0.15) is 27.7 Å². The van der Waals surface area contributed by atoms with Crippen LogP contribution < -0.4 is 10.5 Å². The third-order valence-corrected chi connectivity index (χ3v) is 1.73. The maximum Gasteiger partial charge on any atom is 0.145 e. The third kappa shape index (κ3) is 5.89. The van der Waals surface area contributed by atoms with E-state index in [9.17, 15) is 0 Å². The number of rotatable bonds is 2. The summed E-state index contributed by atoms with van der Waals surface area (Å²) in [6, 6.07) is 10.9. The number of aromatic nitrogens is 1. The normalized spacial score (nSPS) is 8.22. The van der Waals surface area contributed by atoms with Crippen molar-refractivity contribution < 1.29 is 4.74 Å². The molecule has 0 radical (unpaired) electrons. The Morgan fingerprint density at radius 3 is 2.17 bits per heavy atom. The van der Waals surface area contributed by atoms with Crippen molar-refractivity contribution in [2.75, 3.05) is 5.73 Å². The summed E-state index contributed by atoms with van der Waals surface area (Å²) in [5, 5.41) is 0. The van der Waals surface area contributed by atoms with E-state index in [1.54, 1.807) is 18.5 Å². The molecule has 0 atom stereocenters. The predicted octanol–water partition coefficient (Wildman–Crippen LogP) is 4.51. The summed E-state index contributed by atoms with van der Waals surface area (Å²) in [6.07, 6.45) is 3.36. The summed E-state index contributed by atoms with van der Waals surface area (Å²) in [6.45, 7) is 8.00. The minimum atomic E-state index is 0.686. The molecule has 98 valence electrons. The zero-order valence-corrected chi connectivity index (χ0v) is 11.6. The van der Waals surface area contributed by atoms with E-state index in [1.165, 1.54) is 0 Å². The van der Waals surface area contributed by atoms with Crippen LogP contribution in [0.15, 0.2) is 48.8 Å². The quantitative estimate of drug-likeness (QED) is 0.793. The van der Waals surface area contributed by atoms with Crippen LogP contribution in [-0.2, 0) is 0 Å². The molecular formula is C15H22N2O. The van der Waals surface area contributed by atoms with Crippen molar-refractivity contribution in [3.8, 4) is 11.5 Å². The smallest absolute Gasteiger partial charge is 0.145 e. The number of nitrogens with zero attached hydrogens (tertiary/aromatic N) is 1. The Morgan fingerprint density at radius 1 is 0.944 bits per heavy atom. The molecule has 3 heteroatoms. The Labute approximate surface area is 110 Å². The molecule has 0 saturated heterocycles. The van der Waals surface area contributed by atoms with Gasteiger partial charge in [0.15, 0.2) is 0 Å². The van der Waals surface area contributed by atoms with Crippen LogP contribution in [0, 0.1) is 0 Å². The van der Waals surface area contributed by atoms with Crippen molar-refractivity contribution in [3.05, 3.63) is 48.8 Å². The van der Waals surface area contributed by atoms with Gasteiger partial charge in [-0.15, -0.1) is 0 Å². The standard InChI is InChI=1S/C11H10N2O.2C2H6/c12-9-3-1-4-10(7-9)14-11-5-2-6-13-8-11;2*1-2/h1-8H,12H2;2*1-2H3. The summed E-state index contributed by atoms with van der Waals surface area (Å²) in [5.74, 6) is 1.43. The van der Waals surface area contributed by atoms with Crippen molar-refractivity contribution in [2.24, 2.45) is 0 Å². The molecule has 0 spiro atoms. The Bertz CT molecular complexity index is 416. The largest absolute Gasteiger partial charge is 0.456 e. The van der Waals surface area contributed by atoms with Crippen LogP contribution in [0.2, 0.25) is 0 Å². The summed E-state index contributed by atoms with van der Waals surface area (Å²) < 4.78 is 5.52. The van der Waals surface area contributed by atoms with Crippen molar-refractivity contribution in [1.29, 1.82) is 0 Å². The molecule has 3 nitrogen and oxygen atoms in total. The van der Waals surface area contributed by atoms with Gasteiger partial charge < -0.3 is 10.5 Å². The molecule has 0 aliphatic rings. The highest BCUT2D eigenvalue weighted by Crippen LogP contribution is 2.21. The number of anilines is 1. The molecule has 0 aliphatic heterocycles. The van der Waals surface area contributed by atoms with E-state index in [1.807, 2.05) is 58.0 Å². The molecule has 0 fully saturated rings. The van der Waals surface area contributed by atoms with Gasteiger partial charge in [0.05, 0.1) is 6.20 Å². The second-order valence-corrected chi connectivity index (χ2v) is 2.86. The average Bonchev–Trinajstić information content (AvgIpc) is 2.44. The first-order valence-corrected chi connectivity index (χ1v) is 6.28. The molecule has 1 aromatic heterocycles. The van der Waals surface area contributed by atoms with Crippen molar-refractivity contribution in [3.63, 3.8) is 0 Å². The highest BCUT2D eigenvalue weighted by Gasteiger charge is 1.95. The van der Waals surface area contributed by atoms with E-state index in [-0.39, 0.29) is 0 Å². The number of benzene rings is 1. The summed E-state index contributed by atoms with van der Waals surface area (Å²) >= 11 is 0. The van der Waals surface area contributed by atoms with Crippen LogP contribution in [-0.4, -0.2) is 4.98 Å². The Balaban J connectivity index is 0.000000659. The fourth-order valence-corrected chi connectivity index (χ4v) is 1.12. The first-order chi connectivity index (χ1) is 8.84. The minimum absolute atomic E-state index is 0.686. The van der Waals surface area contributed by atoms with Gasteiger partial charge in [0.2, 0.25) is 0 Å². The molecule has 0 unspecified atom stereocenters. The molecular weight excluding hydrogens is 224 g/mol.